The molecule has 0 unspecified atom stereocenters. The Morgan fingerprint density at radius 1 is 1.50 bits per heavy atom. The molecule has 1 atom stereocenters. The molecule has 0 saturated carbocycles. The number of amides is 2. The van der Waals surface area contributed by atoms with Gasteiger partial charge in [0.15, 0.2) is 6.04 Å². The third-order valence-electron chi connectivity index (χ3n) is 1.71. The zero-order valence-corrected chi connectivity index (χ0v) is 8.25. The molecule has 16 heavy (non-hydrogen) atoms. The number of carbonyl (C=O) groups excluding carboxylic acids is 1. The smallest absolute Gasteiger partial charge is 0.328 e. The van der Waals surface area contributed by atoms with Crippen LogP contribution in [-0.2, 0) is 4.79 Å². The first-order chi connectivity index (χ1) is 7.63. The summed E-state index contributed by atoms with van der Waals surface area (Å²) >= 11 is 0. The lowest BCUT2D eigenvalue weighted by Crippen LogP contribution is -2.45. The number of carboxylic acids is 1. The molecule has 1 rings (SSSR count). The van der Waals surface area contributed by atoms with Gasteiger partial charge in [-0.25, -0.2) is 9.59 Å². The molecule has 0 radical (unpaired) electrons. The summed E-state index contributed by atoms with van der Waals surface area (Å²) in [6.45, 7) is -0.671. The number of carboxylic acid groups (broad SMARTS) is 1. The number of aliphatic hydroxyl groups excluding tert-OH is 1. The highest BCUT2D eigenvalue weighted by Crippen LogP contribution is 2.01. The number of carbonyl (C=O) groups is 2. The lowest BCUT2D eigenvalue weighted by molar-refractivity contribution is -0.140. The first kappa shape index (κ1) is 11.9. The summed E-state index contributed by atoms with van der Waals surface area (Å²) < 4.78 is 0. The van der Waals surface area contributed by atoms with Crippen LogP contribution < -0.4 is 10.6 Å². The first-order valence-electron chi connectivity index (χ1n) is 4.44. The van der Waals surface area contributed by atoms with E-state index in [1.165, 1.54) is 12.4 Å². The van der Waals surface area contributed by atoms with E-state index >= 15 is 0 Å². The summed E-state index contributed by atoms with van der Waals surface area (Å²) in [5.41, 5.74) is 0.432. The Morgan fingerprint density at radius 2 is 2.25 bits per heavy atom. The summed E-state index contributed by atoms with van der Waals surface area (Å²) in [6.07, 6.45) is 2.95. The van der Waals surface area contributed by atoms with Crippen LogP contribution in [0.1, 0.15) is 0 Å². The van der Waals surface area contributed by atoms with Gasteiger partial charge < -0.3 is 20.8 Å². The van der Waals surface area contributed by atoms with Crippen molar-refractivity contribution in [2.75, 3.05) is 11.9 Å². The van der Waals surface area contributed by atoms with Gasteiger partial charge in [0.25, 0.3) is 0 Å². The lowest BCUT2D eigenvalue weighted by atomic mass is 10.3. The number of nitrogens with zero attached hydrogens (tertiary/aromatic N) is 1. The zero-order chi connectivity index (χ0) is 12.0. The van der Waals surface area contributed by atoms with E-state index in [0.717, 1.165) is 0 Å². The molecule has 4 N–H and O–H groups in total. The van der Waals surface area contributed by atoms with Gasteiger partial charge in [0, 0.05) is 6.20 Å². The fraction of sp³-hybridized carbons (Fsp3) is 0.222. The van der Waals surface area contributed by atoms with Gasteiger partial charge in [0.1, 0.15) is 0 Å². The molecule has 2 amide bonds. The van der Waals surface area contributed by atoms with Gasteiger partial charge in [-0.2, -0.15) is 0 Å². The third kappa shape index (κ3) is 3.54. The number of anilines is 1. The van der Waals surface area contributed by atoms with E-state index in [1.54, 1.807) is 12.1 Å². The number of pyridine rings is 1. The van der Waals surface area contributed by atoms with Crippen LogP contribution in [0.2, 0.25) is 0 Å². The van der Waals surface area contributed by atoms with Crippen molar-refractivity contribution in [3.63, 3.8) is 0 Å². The number of aliphatic carboxylic acids is 1. The number of nitrogens with one attached hydrogen (secondary N) is 2. The molecule has 1 aromatic rings. The molecule has 0 bridgehead atoms. The molecule has 7 nitrogen and oxygen atoms in total. The van der Waals surface area contributed by atoms with Crippen molar-refractivity contribution in [1.29, 1.82) is 0 Å². The highest BCUT2D eigenvalue weighted by Gasteiger charge is 2.18. The van der Waals surface area contributed by atoms with Crippen molar-refractivity contribution in [1.82, 2.24) is 10.3 Å². The normalized spacial score (nSPS) is 11.6. The first-order valence-corrected chi connectivity index (χ1v) is 4.44. The average Bonchev–Trinajstić information content (AvgIpc) is 2.27. The van der Waals surface area contributed by atoms with Gasteiger partial charge >= 0.3 is 12.0 Å². The van der Waals surface area contributed by atoms with Crippen molar-refractivity contribution in [3.8, 4) is 0 Å². The van der Waals surface area contributed by atoms with E-state index in [1.807, 2.05) is 0 Å². The van der Waals surface area contributed by atoms with E-state index in [2.05, 4.69) is 15.6 Å². The SMILES string of the molecule is O=C(Nc1cccnc1)N[C@@H](CO)C(=O)O. The minimum absolute atomic E-state index is 0.432. The molecule has 0 aliphatic rings. The second-order valence-corrected chi connectivity index (χ2v) is 2.91. The van der Waals surface area contributed by atoms with Crippen molar-refractivity contribution < 1.29 is 19.8 Å². The molecule has 7 heteroatoms. The van der Waals surface area contributed by atoms with Gasteiger partial charge in [0.05, 0.1) is 18.5 Å². The average molecular weight is 225 g/mol. The Bertz CT molecular complexity index is 368. The van der Waals surface area contributed by atoms with Gasteiger partial charge in [-0.05, 0) is 12.1 Å². The molecule has 0 spiro atoms. The Kier molecular flexibility index (Phi) is 4.22. The zero-order valence-electron chi connectivity index (χ0n) is 8.25. The highest BCUT2D eigenvalue weighted by molar-refractivity contribution is 5.92. The van der Waals surface area contributed by atoms with Crippen LogP contribution in [0.15, 0.2) is 24.5 Å². The van der Waals surface area contributed by atoms with Crippen LogP contribution in [0.3, 0.4) is 0 Å². The topological polar surface area (TPSA) is 112 Å². The Labute approximate surface area is 91.1 Å². The van der Waals surface area contributed by atoms with Crippen molar-refractivity contribution in [2.45, 2.75) is 6.04 Å². The molecule has 0 saturated heterocycles. The summed E-state index contributed by atoms with van der Waals surface area (Å²) in [6, 6.07) is 1.18. The highest BCUT2D eigenvalue weighted by atomic mass is 16.4. The van der Waals surface area contributed by atoms with Crippen molar-refractivity contribution in [2.24, 2.45) is 0 Å². The quantitative estimate of drug-likeness (QED) is 0.559. The second kappa shape index (κ2) is 5.66. The molecule has 0 aromatic carbocycles. The molecule has 0 aliphatic carbocycles. The van der Waals surface area contributed by atoms with Crippen LogP contribution >= 0.6 is 0 Å². The Balaban J connectivity index is 2.50. The maximum Gasteiger partial charge on any atom is 0.328 e. The molecule has 86 valence electrons. The Morgan fingerprint density at radius 3 is 2.75 bits per heavy atom. The lowest BCUT2D eigenvalue weighted by Gasteiger charge is -2.12. The van der Waals surface area contributed by atoms with Gasteiger partial charge in [-0.15, -0.1) is 0 Å². The number of hydrogen-bond donors (Lipinski definition) is 4. The summed E-state index contributed by atoms with van der Waals surface area (Å²) in [7, 11) is 0. The standard InChI is InChI=1S/C9H11N3O4/c13-5-7(8(14)15)12-9(16)11-6-2-1-3-10-4-6/h1-4,7,13H,5H2,(H,14,15)(H2,11,12,16)/t7-/m0/s1. The summed E-state index contributed by atoms with van der Waals surface area (Å²) in [5.74, 6) is -1.30. The van der Waals surface area contributed by atoms with Gasteiger partial charge in [-0.1, -0.05) is 0 Å². The molecular formula is C9H11N3O4. The maximum atomic E-state index is 11.3. The fourth-order valence-electron chi connectivity index (χ4n) is 0.948. The monoisotopic (exact) mass is 225 g/mol. The van der Waals surface area contributed by atoms with Crippen LogP contribution in [0.5, 0.6) is 0 Å². The Hall–Kier alpha value is -2.15. The largest absolute Gasteiger partial charge is 0.480 e. The van der Waals surface area contributed by atoms with E-state index in [0.29, 0.717) is 5.69 Å². The summed E-state index contributed by atoms with van der Waals surface area (Å²) in [4.78, 5) is 25.5. The van der Waals surface area contributed by atoms with E-state index in [-0.39, 0.29) is 0 Å². The molecule has 0 fully saturated rings. The number of aromatic nitrogens is 1. The van der Waals surface area contributed by atoms with E-state index in [9.17, 15) is 9.59 Å². The van der Waals surface area contributed by atoms with Crippen LogP contribution in [0.4, 0.5) is 10.5 Å². The van der Waals surface area contributed by atoms with Crippen molar-refractivity contribution >= 4 is 17.7 Å². The maximum absolute atomic E-state index is 11.3. The number of hydrogen-bond acceptors (Lipinski definition) is 4. The third-order valence-corrected chi connectivity index (χ3v) is 1.71. The van der Waals surface area contributed by atoms with E-state index < -0.39 is 24.6 Å². The number of rotatable bonds is 4. The number of urea groups is 1. The summed E-state index contributed by atoms with van der Waals surface area (Å²) in [5, 5.41) is 21.7. The van der Waals surface area contributed by atoms with Crippen LogP contribution in [0, 0.1) is 0 Å². The molecule has 1 aromatic heterocycles. The minimum atomic E-state index is -1.32. The van der Waals surface area contributed by atoms with Gasteiger partial charge in [0.2, 0.25) is 0 Å². The molecule has 1 heterocycles. The van der Waals surface area contributed by atoms with Gasteiger partial charge in [-0.3, -0.25) is 4.98 Å². The number of aliphatic hydroxyl groups is 1. The predicted octanol–water partition coefficient (Wildman–Crippen LogP) is -0.351. The fourth-order valence-corrected chi connectivity index (χ4v) is 0.948. The van der Waals surface area contributed by atoms with Crippen molar-refractivity contribution in [3.05, 3.63) is 24.5 Å². The van der Waals surface area contributed by atoms with Crippen LogP contribution in [-0.4, -0.2) is 39.8 Å². The molecule has 0 aliphatic heterocycles. The second-order valence-electron chi connectivity index (χ2n) is 2.91. The molecular weight excluding hydrogens is 214 g/mol. The minimum Gasteiger partial charge on any atom is -0.480 e. The van der Waals surface area contributed by atoms with Crippen LogP contribution in [0.25, 0.3) is 0 Å². The predicted molar refractivity (Wildman–Crippen MR) is 54.9 cm³/mol. The van der Waals surface area contributed by atoms with E-state index in [4.69, 9.17) is 10.2 Å².